The minimum absolute atomic E-state index is 0.103. The number of benzene rings is 2. The lowest BCUT2D eigenvalue weighted by atomic mass is 9.98. The molecule has 0 radical (unpaired) electrons. The van der Waals surface area contributed by atoms with Gasteiger partial charge >= 0.3 is 0 Å². The summed E-state index contributed by atoms with van der Waals surface area (Å²) in [7, 11) is 1.60. The number of aliphatic hydroxyl groups is 1. The van der Waals surface area contributed by atoms with Gasteiger partial charge in [-0.15, -0.1) is 0 Å². The fraction of sp³-hybridized carbons (Fsp3) is 0.517. The van der Waals surface area contributed by atoms with Crippen LogP contribution in [0.15, 0.2) is 42.5 Å². The summed E-state index contributed by atoms with van der Waals surface area (Å²) in [5.74, 6) is -0.518. The predicted molar refractivity (Wildman–Crippen MR) is 140 cm³/mol. The Hall–Kier alpha value is -2.97. The lowest BCUT2D eigenvalue weighted by Crippen LogP contribution is -2.52. The van der Waals surface area contributed by atoms with Gasteiger partial charge in [-0.1, -0.05) is 31.2 Å². The van der Waals surface area contributed by atoms with E-state index >= 15 is 0 Å². The van der Waals surface area contributed by atoms with Crippen molar-refractivity contribution in [1.82, 2.24) is 15.5 Å². The molecule has 1 aliphatic carbocycles. The minimum Gasteiger partial charge on any atom is -0.493 e. The molecule has 3 N–H and O–H groups in total. The number of aryl methyl sites for hydroxylation is 1. The van der Waals surface area contributed by atoms with Crippen molar-refractivity contribution in [3.05, 3.63) is 65.0 Å². The van der Waals surface area contributed by atoms with Crippen LogP contribution in [0.25, 0.3) is 0 Å². The molecule has 0 spiro atoms. The third kappa shape index (κ3) is 7.29. The molecule has 1 heterocycles. The van der Waals surface area contributed by atoms with Crippen molar-refractivity contribution in [3.8, 4) is 5.75 Å². The first-order chi connectivity index (χ1) is 17.8. The molecule has 2 aliphatic rings. The number of nitrogens with zero attached hydrogens (tertiary/aromatic N) is 1. The maximum Gasteiger partial charge on any atom is 0.239 e. The van der Waals surface area contributed by atoms with Crippen LogP contribution in [-0.4, -0.2) is 60.7 Å². The van der Waals surface area contributed by atoms with Crippen LogP contribution in [0.4, 0.5) is 4.39 Å². The van der Waals surface area contributed by atoms with Crippen LogP contribution in [0.2, 0.25) is 0 Å². The van der Waals surface area contributed by atoms with Gasteiger partial charge in [0.25, 0.3) is 0 Å². The van der Waals surface area contributed by atoms with Crippen molar-refractivity contribution >= 4 is 11.8 Å². The number of carbonyl (C=O) groups excluding carboxylic acids is 2. The molecular formula is C29H38FN3O4. The Morgan fingerprint density at radius 1 is 1.22 bits per heavy atom. The molecule has 37 heavy (non-hydrogen) atoms. The number of halogens is 1. The molecule has 2 aromatic carbocycles. The third-order valence-corrected chi connectivity index (χ3v) is 7.35. The third-order valence-electron chi connectivity index (χ3n) is 7.35. The Labute approximate surface area is 218 Å². The van der Waals surface area contributed by atoms with E-state index in [1.54, 1.807) is 13.1 Å². The lowest BCUT2D eigenvalue weighted by molar-refractivity contribution is -0.135. The Balaban J connectivity index is 1.51. The zero-order valence-electron chi connectivity index (χ0n) is 21.8. The standard InChI is InChI=1S/C29H38FN3O4/c1-3-20-7-6-8-22(13-20)29(10-11-29)31-18-26(34)25-16-21-14-23(30)17-24(15-21)37-12-5-4-9-28(36)33(2)19-27(35)32-25/h6-8,13-15,17,25-26,31,34H,3-5,9-12,16,18-19H2,1-2H3,(H,32,35)/t25-,26+/m0/s1. The van der Waals surface area contributed by atoms with E-state index in [1.807, 2.05) is 0 Å². The van der Waals surface area contributed by atoms with Crippen LogP contribution in [0.3, 0.4) is 0 Å². The number of aliphatic hydroxyl groups excluding tert-OH is 1. The van der Waals surface area contributed by atoms with Crippen LogP contribution < -0.4 is 15.4 Å². The van der Waals surface area contributed by atoms with E-state index in [0.29, 0.717) is 37.2 Å². The van der Waals surface area contributed by atoms with Crippen molar-refractivity contribution in [2.45, 2.75) is 69.6 Å². The Kier molecular flexibility index (Phi) is 8.82. The Bertz CT molecular complexity index is 1100. The summed E-state index contributed by atoms with van der Waals surface area (Å²) in [5, 5.41) is 17.6. The molecular weight excluding hydrogens is 473 g/mol. The number of likely N-dealkylation sites (N-methyl/N-ethyl adjacent to an activating group) is 1. The summed E-state index contributed by atoms with van der Waals surface area (Å²) in [4.78, 5) is 26.7. The number of carbonyl (C=O) groups is 2. The molecule has 7 nitrogen and oxygen atoms in total. The summed E-state index contributed by atoms with van der Waals surface area (Å²) >= 11 is 0. The van der Waals surface area contributed by atoms with E-state index in [4.69, 9.17) is 4.74 Å². The summed E-state index contributed by atoms with van der Waals surface area (Å²) in [5.41, 5.74) is 2.92. The van der Waals surface area contributed by atoms with Gasteiger partial charge in [-0.2, -0.15) is 0 Å². The first kappa shape index (κ1) is 27.1. The summed E-state index contributed by atoms with van der Waals surface area (Å²) in [6.07, 6.45) is 3.76. The summed E-state index contributed by atoms with van der Waals surface area (Å²) in [6, 6.07) is 12.3. The smallest absolute Gasteiger partial charge is 0.239 e. The van der Waals surface area contributed by atoms with Gasteiger partial charge < -0.3 is 25.4 Å². The Morgan fingerprint density at radius 3 is 2.78 bits per heavy atom. The molecule has 200 valence electrons. The highest BCUT2D eigenvalue weighted by Crippen LogP contribution is 2.45. The second-order valence-electron chi connectivity index (χ2n) is 10.3. The fourth-order valence-corrected chi connectivity index (χ4v) is 4.90. The maximum absolute atomic E-state index is 14.4. The lowest BCUT2D eigenvalue weighted by Gasteiger charge is -2.28. The number of hydrogen-bond donors (Lipinski definition) is 3. The molecule has 2 aromatic rings. The maximum atomic E-state index is 14.4. The molecule has 1 fully saturated rings. The molecule has 8 heteroatoms. The number of fused-ring (bicyclic) bond motifs is 2. The second-order valence-corrected chi connectivity index (χ2v) is 10.3. The monoisotopic (exact) mass is 511 g/mol. The largest absolute Gasteiger partial charge is 0.493 e. The molecule has 2 bridgehead atoms. The number of ether oxygens (including phenoxy) is 1. The van der Waals surface area contributed by atoms with Crippen molar-refractivity contribution < 1.29 is 23.8 Å². The van der Waals surface area contributed by atoms with Crippen molar-refractivity contribution in [3.63, 3.8) is 0 Å². The van der Waals surface area contributed by atoms with Crippen LogP contribution in [0.5, 0.6) is 5.75 Å². The summed E-state index contributed by atoms with van der Waals surface area (Å²) < 4.78 is 20.1. The molecule has 1 aliphatic heterocycles. The van der Waals surface area contributed by atoms with Gasteiger partial charge in [0.15, 0.2) is 0 Å². The number of rotatable bonds is 6. The van der Waals surface area contributed by atoms with Crippen molar-refractivity contribution in [2.24, 2.45) is 0 Å². The van der Waals surface area contributed by atoms with Crippen molar-refractivity contribution in [2.75, 3.05) is 26.7 Å². The van der Waals surface area contributed by atoms with Crippen LogP contribution >= 0.6 is 0 Å². The van der Waals surface area contributed by atoms with Gasteiger partial charge in [0.1, 0.15) is 11.6 Å². The second kappa shape index (κ2) is 12.0. The highest BCUT2D eigenvalue weighted by Gasteiger charge is 2.44. The first-order valence-electron chi connectivity index (χ1n) is 13.3. The fourth-order valence-electron chi connectivity index (χ4n) is 4.90. The van der Waals surface area contributed by atoms with Gasteiger partial charge in [0.05, 0.1) is 25.3 Å². The number of hydrogen-bond acceptors (Lipinski definition) is 5. The number of amides is 2. The van der Waals surface area contributed by atoms with E-state index < -0.39 is 18.0 Å². The summed E-state index contributed by atoms with van der Waals surface area (Å²) in [6.45, 7) is 2.65. The van der Waals surface area contributed by atoms with Gasteiger partial charge in [-0.05, 0) is 67.3 Å². The van der Waals surface area contributed by atoms with E-state index in [0.717, 1.165) is 19.3 Å². The molecule has 4 rings (SSSR count). The molecule has 2 amide bonds. The van der Waals surface area contributed by atoms with Gasteiger partial charge in [-0.3, -0.25) is 9.59 Å². The molecule has 2 atom stereocenters. The highest BCUT2D eigenvalue weighted by atomic mass is 19.1. The first-order valence-corrected chi connectivity index (χ1v) is 13.3. The van der Waals surface area contributed by atoms with E-state index in [-0.39, 0.29) is 36.9 Å². The molecule has 1 saturated carbocycles. The van der Waals surface area contributed by atoms with Gasteiger partial charge in [0, 0.05) is 31.6 Å². The normalized spacial score (nSPS) is 21.3. The van der Waals surface area contributed by atoms with Gasteiger partial charge in [0.2, 0.25) is 11.8 Å². The highest BCUT2D eigenvalue weighted by molar-refractivity contribution is 5.84. The molecule has 0 unspecified atom stereocenters. The minimum atomic E-state index is -0.930. The SMILES string of the molecule is CCc1cccc(C2(NC[C@@H](O)[C@@H]3Cc4cc(F)cc(c4)OCCCCC(=O)N(C)CC(=O)N3)CC2)c1. The zero-order valence-corrected chi connectivity index (χ0v) is 21.8. The predicted octanol–water partition coefficient (Wildman–Crippen LogP) is 3.08. The van der Waals surface area contributed by atoms with Crippen LogP contribution in [0, 0.1) is 5.82 Å². The molecule has 0 aromatic heterocycles. The van der Waals surface area contributed by atoms with Crippen LogP contribution in [0.1, 0.15) is 55.7 Å². The van der Waals surface area contributed by atoms with E-state index in [9.17, 15) is 19.1 Å². The number of nitrogens with one attached hydrogen (secondary N) is 2. The van der Waals surface area contributed by atoms with E-state index in [1.165, 1.54) is 28.2 Å². The average molecular weight is 512 g/mol. The Morgan fingerprint density at radius 2 is 2.03 bits per heavy atom. The quantitative estimate of drug-likeness (QED) is 0.555. The zero-order chi connectivity index (χ0) is 26.4. The van der Waals surface area contributed by atoms with Gasteiger partial charge in [-0.25, -0.2) is 4.39 Å². The topological polar surface area (TPSA) is 90.9 Å². The molecule has 0 saturated heterocycles. The van der Waals surface area contributed by atoms with Crippen LogP contribution in [-0.2, 0) is 28.0 Å². The van der Waals surface area contributed by atoms with Crippen molar-refractivity contribution in [1.29, 1.82) is 0 Å². The average Bonchev–Trinajstić information content (AvgIpc) is 3.67. The van der Waals surface area contributed by atoms with E-state index in [2.05, 4.69) is 41.8 Å².